The van der Waals surface area contributed by atoms with Crippen molar-refractivity contribution in [2.45, 2.75) is 30.3 Å². The summed E-state index contributed by atoms with van der Waals surface area (Å²) in [7, 11) is -8.18. The summed E-state index contributed by atoms with van der Waals surface area (Å²) in [5.41, 5.74) is -0.341. The van der Waals surface area contributed by atoms with Crippen LogP contribution in [-0.2, 0) is 31.6 Å². The number of phenolic OH excluding ortho intramolecular Hbond substituents is 1. The maximum Gasteiger partial charge on any atom is 0.326 e. The molecule has 2 aromatic carbocycles. The Bertz CT molecular complexity index is 1310. The third kappa shape index (κ3) is 4.85. The van der Waals surface area contributed by atoms with Crippen LogP contribution in [0.5, 0.6) is 5.75 Å². The third-order valence-corrected chi connectivity index (χ3v) is 8.82. The number of nitrogens with zero attached hydrogens (tertiary/aromatic N) is 2. The molecule has 0 radical (unpaired) electrons. The first kappa shape index (κ1) is 24.3. The number of piperidine rings is 1. The van der Waals surface area contributed by atoms with E-state index in [9.17, 15) is 35.5 Å². The Kier molecular flexibility index (Phi) is 6.50. The van der Waals surface area contributed by atoms with Gasteiger partial charge in [-0.3, -0.25) is 4.79 Å². The number of rotatable bonds is 6. The van der Waals surface area contributed by atoms with E-state index in [1.165, 1.54) is 22.5 Å². The van der Waals surface area contributed by atoms with E-state index in [1.807, 2.05) is 0 Å². The molecule has 0 aromatic heterocycles. The van der Waals surface area contributed by atoms with Gasteiger partial charge in [-0.15, -0.1) is 0 Å². The highest BCUT2D eigenvalue weighted by Crippen LogP contribution is 2.34. The average molecular weight is 517 g/mol. The molecule has 2 heterocycles. The summed E-state index contributed by atoms with van der Waals surface area (Å²) in [6.07, 6.45) is 1.19. The number of hydrogen-bond acceptors (Lipinski definition) is 7. The Morgan fingerprint density at radius 3 is 2.62 bits per heavy atom. The fourth-order valence-electron chi connectivity index (χ4n) is 4.00. The van der Waals surface area contributed by atoms with Gasteiger partial charge in [0.15, 0.2) is 5.82 Å². The van der Waals surface area contributed by atoms with Crippen molar-refractivity contribution in [3.8, 4) is 5.75 Å². The van der Waals surface area contributed by atoms with Crippen LogP contribution in [0.15, 0.2) is 41.3 Å². The molecule has 0 bridgehead atoms. The number of halogens is 2. The number of anilines is 1. The van der Waals surface area contributed by atoms with Gasteiger partial charge in [0.05, 0.1) is 4.90 Å². The van der Waals surface area contributed by atoms with Crippen molar-refractivity contribution in [1.82, 2.24) is 14.3 Å². The predicted molar refractivity (Wildman–Crippen MR) is 117 cm³/mol. The minimum atomic E-state index is -4.29. The number of nitrogens with one attached hydrogen (secondary N) is 2. The molecule has 14 heteroatoms. The van der Waals surface area contributed by atoms with Crippen LogP contribution in [0.1, 0.15) is 18.4 Å². The standard InChI is InChI=1S/C20H22F2N4O6S2/c21-14-3-1-5-16(9-14)33(29,30)25-6-2-4-15(11-25)23-10-13-7-17(22)20(18(27)8-13)26-12-19(28)24-34(26,31)32/h1,3,5,7-9,15,23,27H,2,4,6,10-12H2,(H,24,28)/t15-/m0/s1. The molecule has 2 fully saturated rings. The average Bonchev–Trinajstić information content (AvgIpc) is 3.03. The lowest BCUT2D eigenvalue weighted by Gasteiger charge is -2.32. The van der Waals surface area contributed by atoms with Crippen molar-refractivity contribution in [3.63, 3.8) is 0 Å². The van der Waals surface area contributed by atoms with Crippen molar-refractivity contribution in [3.05, 3.63) is 53.6 Å². The van der Waals surface area contributed by atoms with Crippen LogP contribution in [0.4, 0.5) is 14.5 Å². The van der Waals surface area contributed by atoms with E-state index >= 15 is 0 Å². The molecule has 1 atom stereocenters. The molecule has 1 amide bonds. The van der Waals surface area contributed by atoms with E-state index in [0.717, 1.165) is 18.2 Å². The molecule has 2 aromatic rings. The van der Waals surface area contributed by atoms with Crippen LogP contribution in [-0.4, -0.2) is 57.8 Å². The highest BCUT2D eigenvalue weighted by atomic mass is 32.2. The van der Waals surface area contributed by atoms with Gasteiger partial charge in [-0.25, -0.2) is 26.2 Å². The maximum atomic E-state index is 14.7. The van der Waals surface area contributed by atoms with Gasteiger partial charge < -0.3 is 10.4 Å². The molecule has 3 N–H and O–H groups in total. The number of sulfonamides is 1. The van der Waals surface area contributed by atoms with E-state index in [-0.39, 0.29) is 30.6 Å². The molecule has 2 aliphatic rings. The van der Waals surface area contributed by atoms with Gasteiger partial charge in [0, 0.05) is 25.7 Å². The largest absolute Gasteiger partial charge is 0.506 e. The minimum Gasteiger partial charge on any atom is -0.506 e. The molecule has 0 saturated carbocycles. The zero-order valence-corrected chi connectivity index (χ0v) is 19.4. The number of carbonyl (C=O) groups excluding carboxylic acids is 1. The molecule has 2 saturated heterocycles. The predicted octanol–water partition coefficient (Wildman–Crippen LogP) is 0.794. The second-order valence-electron chi connectivity index (χ2n) is 8.02. The quantitative estimate of drug-likeness (QED) is 0.517. The van der Waals surface area contributed by atoms with Crippen LogP contribution in [0.25, 0.3) is 0 Å². The molecule has 0 unspecified atom stereocenters. The van der Waals surface area contributed by atoms with Gasteiger partial charge in [-0.05, 0) is 48.7 Å². The minimum absolute atomic E-state index is 0.0627. The number of hydrogen-bond donors (Lipinski definition) is 3. The van der Waals surface area contributed by atoms with Crippen LogP contribution in [0.3, 0.4) is 0 Å². The summed E-state index contributed by atoms with van der Waals surface area (Å²) in [6.45, 7) is -0.196. The normalized spacial score (nSPS) is 20.9. The van der Waals surface area contributed by atoms with Crippen molar-refractivity contribution in [2.75, 3.05) is 23.9 Å². The van der Waals surface area contributed by atoms with Gasteiger partial charge >= 0.3 is 10.2 Å². The topological polar surface area (TPSA) is 136 Å². The first-order valence-corrected chi connectivity index (χ1v) is 13.2. The van der Waals surface area contributed by atoms with E-state index in [1.54, 1.807) is 4.72 Å². The lowest BCUT2D eigenvalue weighted by atomic mass is 10.1. The number of amides is 1. The third-order valence-electron chi connectivity index (χ3n) is 5.59. The van der Waals surface area contributed by atoms with E-state index in [0.29, 0.717) is 22.7 Å². The Hall–Kier alpha value is -2.81. The second-order valence-corrected chi connectivity index (χ2v) is 11.6. The Morgan fingerprint density at radius 1 is 1.21 bits per heavy atom. The molecule has 2 aliphatic heterocycles. The number of benzene rings is 2. The van der Waals surface area contributed by atoms with Gasteiger partial charge in [-0.1, -0.05) is 6.07 Å². The summed E-state index contributed by atoms with van der Waals surface area (Å²) >= 11 is 0. The molecule has 0 aliphatic carbocycles. The zero-order chi connectivity index (χ0) is 24.7. The van der Waals surface area contributed by atoms with Gasteiger partial charge in [-0.2, -0.15) is 12.7 Å². The molecule has 0 spiro atoms. The van der Waals surface area contributed by atoms with Gasteiger partial charge in [0.25, 0.3) is 5.91 Å². The maximum absolute atomic E-state index is 14.7. The second kappa shape index (κ2) is 9.09. The van der Waals surface area contributed by atoms with Crippen LogP contribution >= 0.6 is 0 Å². The molecular formula is C20H22F2N4O6S2. The monoisotopic (exact) mass is 516 g/mol. The highest BCUT2D eigenvalue weighted by Gasteiger charge is 2.37. The van der Waals surface area contributed by atoms with Crippen LogP contribution < -0.4 is 14.3 Å². The summed E-state index contributed by atoms with van der Waals surface area (Å²) in [6, 6.07) is 6.69. The molecule has 10 nitrogen and oxygen atoms in total. The Balaban J connectivity index is 1.45. The zero-order valence-electron chi connectivity index (χ0n) is 17.7. The summed E-state index contributed by atoms with van der Waals surface area (Å²) in [5.74, 6) is -3.19. The van der Waals surface area contributed by atoms with Gasteiger partial charge in [0.1, 0.15) is 23.8 Å². The SMILES string of the molecule is O=C1CN(c2c(O)cc(CN[C@H]3CCCN(S(=O)(=O)c4cccc(F)c4)C3)cc2F)S(=O)(=O)N1. The lowest BCUT2D eigenvalue weighted by molar-refractivity contribution is -0.117. The van der Waals surface area contributed by atoms with E-state index < -0.39 is 55.8 Å². The summed E-state index contributed by atoms with van der Waals surface area (Å²) in [4.78, 5) is 11.3. The molecule has 34 heavy (non-hydrogen) atoms. The Labute approximate surface area is 195 Å². The highest BCUT2D eigenvalue weighted by molar-refractivity contribution is 7.92. The number of carbonyl (C=O) groups is 1. The number of aromatic hydroxyl groups is 1. The number of phenols is 1. The van der Waals surface area contributed by atoms with E-state index in [4.69, 9.17) is 0 Å². The van der Waals surface area contributed by atoms with Crippen molar-refractivity contribution in [2.24, 2.45) is 0 Å². The van der Waals surface area contributed by atoms with Crippen LogP contribution in [0.2, 0.25) is 0 Å². The fraction of sp³-hybridized carbons (Fsp3) is 0.350. The summed E-state index contributed by atoms with van der Waals surface area (Å²) in [5, 5.41) is 13.4. The smallest absolute Gasteiger partial charge is 0.326 e. The van der Waals surface area contributed by atoms with Gasteiger partial charge in [0.2, 0.25) is 10.0 Å². The first-order valence-electron chi connectivity index (χ1n) is 10.3. The lowest BCUT2D eigenvalue weighted by Crippen LogP contribution is -2.47. The Morgan fingerprint density at radius 2 is 1.97 bits per heavy atom. The van der Waals surface area contributed by atoms with Crippen LogP contribution in [0, 0.1) is 11.6 Å². The first-order chi connectivity index (χ1) is 16.0. The molecular weight excluding hydrogens is 494 g/mol. The fourth-order valence-corrected chi connectivity index (χ4v) is 6.73. The van der Waals surface area contributed by atoms with Crippen molar-refractivity contribution >= 4 is 31.8 Å². The molecule has 184 valence electrons. The van der Waals surface area contributed by atoms with Crippen molar-refractivity contribution < 1.29 is 35.5 Å². The van der Waals surface area contributed by atoms with E-state index in [2.05, 4.69) is 5.32 Å². The summed E-state index contributed by atoms with van der Waals surface area (Å²) < 4.78 is 81.2. The van der Waals surface area contributed by atoms with Crippen molar-refractivity contribution in [1.29, 1.82) is 0 Å². The molecule has 4 rings (SSSR count).